The van der Waals surface area contributed by atoms with Crippen LogP contribution in [0.15, 0.2) is 182 Å². The molecule has 0 bridgehead atoms. The molecule has 0 saturated carbocycles. The third-order valence-electron chi connectivity index (χ3n) is 9.29. The van der Waals surface area contributed by atoms with E-state index < -0.39 is 0 Å². The zero-order chi connectivity index (χ0) is 33.3. The number of fused-ring (bicyclic) bond motifs is 2. The van der Waals surface area contributed by atoms with Crippen LogP contribution in [0.3, 0.4) is 0 Å². The summed E-state index contributed by atoms with van der Waals surface area (Å²) in [6.07, 6.45) is 0. The van der Waals surface area contributed by atoms with Gasteiger partial charge in [0.25, 0.3) is 0 Å². The van der Waals surface area contributed by atoms with Crippen molar-refractivity contribution in [2.75, 3.05) is 0 Å². The maximum atomic E-state index is 4.88. The smallest absolute Gasteiger partial charge is 0.101 e. The first-order valence-electron chi connectivity index (χ1n) is 16.7. The molecule has 9 aromatic rings. The average molecular weight is 639 g/mol. The second-order valence-electron chi connectivity index (χ2n) is 12.3. The maximum Gasteiger partial charge on any atom is 0.101 e. The quantitative estimate of drug-likeness (QED) is 0.182. The lowest BCUT2D eigenvalue weighted by Crippen LogP contribution is -1.97. The molecule has 0 fully saturated rings. The summed E-state index contributed by atoms with van der Waals surface area (Å²) in [7, 11) is 0. The molecule has 234 valence electrons. The summed E-state index contributed by atoms with van der Waals surface area (Å²) in [5.41, 5.74) is 14.1. The first kappa shape index (κ1) is 29.4. The fourth-order valence-corrected chi connectivity index (χ4v) is 6.97. The molecule has 2 aromatic heterocycles. The summed E-state index contributed by atoms with van der Waals surface area (Å²) in [5, 5.41) is 21.6. The highest BCUT2D eigenvalue weighted by atomic mass is 15.1. The van der Waals surface area contributed by atoms with Crippen LogP contribution < -0.4 is 0 Å². The van der Waals surface area contributed by atoms with Gasteiger partial charge in [0.15, 0.2) is 0 Å². The standard InChI is InChI=1S/C46H30N4/c1-5-16-31(17-6-1)41-39-28-14-26-37(45(39)49-47-43(41)33-20-9-3-10-21-33)35-24-13-25-36(30-35)38-27-15-29-40-42(32-18-7-2-8-19-32)44(48-50-46(38)40)34-22-11-4-12-23-34/h1-30H. The molecule has 0 aliphatic rings. The van der Waals surface area contributed by atoms with Crippen molar-refractivity contribution in [2.45, 2.75) is 0 Å². The van der Waals surface area contributed by atoms with Crippen molar-refractivity contribution in [2.24, 2.45) is 0 Å². The van der Waals surface area contributed by atoms with Crippen molar-refractivity contribution in [3.63, 3.8) is 0 Å². The molecule has 0 aliphatic carbocycles. The Hall–Kier alpha value is -6.78. The fourth-order valence-electron chi connectivity index (χ4n) is 6.97. The van der Waals surface area contributed by atoms with Crippen LogP contribution in [0.2, 0.25) is 0 Å². The van der Waals surface area contributed by atoms with Gasteiger partial charge in [0.05, 0.1) is 0 Å². The monoisotopic (exact) mass is 638 g/mol. The van der Waals surface area contributed by atoms with E-state index in [4.69, 9.17) is 20.4 Å². The van der Waals surface area contributed by atoms with E-state index in [1.807, 2.05) is 48.5 Å². The third kappa shape index (κ3) is 5.20. The van der Waals surface area contributed by atoms with Crippen molar-refractivity contribution in [3.05, 3.63) is 182 Å². The van der Waals surface area contributed by atoms with E-state index in [2.05, 4.69) is 133 Å². The molecule has 7 aromatic carbocycles. The van der Waals surface area contributed by atoms with Gasteiger partial charge in [0.2, 0.25) is 0 Å². The molecule has 2 heterocycles. The van der Waals surface area contributed by atoms with Crippen LogP contribution in [0.5, 0.6) is 0 Å². The van der Waals surface area contributed by atoms with Crippen LogP contribution in [0.25, 0.3) is 88.8 Å². The average Bonchev–Trinajstić information content (AvgIpc) is 3.21. The summed E-state index contributed by atoms with van der Waals surface area (Å²) < 4.78 is 0. The zero-order valence-corrected chi connectivity index (χ0v) is 27.1. The number of rotatable bonds is 6. The lowest BCUT2D eigenvalue weighted by Gasteiger charge is -2.16. The minimum Gasteiger partial charge on any atom is -0.149 e. The lowest BCUT2D eigenvalue weighted by atomic mass is 9.91. The molecule has 50 heavy (non-hydrogen) atoms. The lowest BCUT2D eigenvalue weighted by molar-refractivity contribution is 1.08. The first-order valence-corrected chi connectivity index (χ1v) is 16.7. The van der Waals surface area contributed by atoms with E-state index >= 15 is 0 Å². The van der Waals surface area contributed by atoms with Crippen LogP contribution >= 0.6 is 0 Å². The van der Waals surface area contributed by atoms with Gasteiger partial charge in [-0.3, -0.25) is 0 Å². The fraction of sp³-hybridized carbons (Fsp3) is 0. The number of hydrogen-bond acceptors (Lipinski definition) is 4. The van der Waals surface area contributed by atoms with Gasteiger partial charge >= 0.3 is 0 Å². The molecular weight excluding hydrogens is 609 g/mol. The largest absolute Gasteiger partial charge is 0.149 e. The van der Waals surface area contributed by atoms with Gasteiger partial charge in [-0.15, -0.1) is 20.4 Å². The van der Waals surface area contributed by atoms with Crippen LogP contribution in [0.4, 0.5) is 0 Å². The Morgan fingerprint density at radius 3 is 1.00 bits per heavy atom. The molecule has 0 amide bonds. The van der Waals surface area contributed by atoms with Crippen molar-refractivity contribution in [1.82, 2.24) is 20.4 Å². The second kappa shape index (κ2) is 12.7. The van der Waals surface area contributed by atoms with E-state index in [1.54, 1.807) is 0 Å². The van der Waals surface area contributed by atoms with E-state index in [-0.39, 0.29) is 0 Å². The van der Waals surface area contributed by atoms with Gasteiger partial charge in [-0.25, -0.2) is 0 Å². The van der Waals surface area contributed by atoms with Gasteiger partial charge in [0.1, 0.15) is 22.4 Å². The summed E-state index contributed by atoms with van der Waals surface area (Å²) in [5.74, 6) is 0. The Kier molecular flexibility index (Phi) is 7.45. The predicted molar refractivity (Wildman–Crippen MR) is 205 cm³/mol. The molecule has 0 saturated heterocycles. The topological polar surface area (TPSA) is 51.6 Å². The SMILES string of the molecule is c1ccc(-c2nnc3c(-c4cccc(-c5cccc6c(-c7ccccc7)c(-c7ccccc7)nnc56)c4)cccc3c2-c2ccccc2)cc1. The molecule has 0 N–H and O–H groups in total. The summed E-state index contributed by atoms with van der Waals surface area (Å²) in [4.78, 5) is 0. The number of aromatic nitrogens is 4. The van der Waals surface area contributed by atoms with E-state index in [0.717, 1.165) is 88.8 Å². The Balaban J connectivity index is 1.22. The van der Waals surface area contributed by atoms with Crippen molar-refractivity contribution in [1.29, 1.82) is 0 Å². The molecule has 0 unspecified atom stereocenters. The Labute approximate surface area is 290 Å². The minimum absolute atomic E-state index is 0.861. The van der Waals surface area contributed by atoms with E-state index in [9.17, 15) is 0 Å². The third-order valence-corrected chi connectivity index (χ3v) is 9.29. The van der Waals surface area contributed by atoms with Crippen molar-refractivity contribution >= 4 is 21.8 Å². The molecule has 4 heteroatoms. The Bertz CT molecular complexity index is 2440. The number of nitrogens with zero attached hydrogens (tertiary/aromatic N) is 4. The summed E-state index contributed by atoms with van der Waals surface area (Å²) in [6, 6.07) is 63.0. The highest BCUT2D eigenvalue weighted by molar-refractivity contribution is 6.08. The molecular formula is C46H30N4. The van der Waals surface area contributed by atoms with E-state index in [0.29, 0.717) is 0 Å². The van der Waals surface area contributed by atoms with Gasteiger partial charge < -0.3 is 0 Å². The van der Waals surface area contributed by atoms with Crippen LogP contribution in [0, 0.1) is 0 Å². The molecule has 0 atom stereocenters. The summed E-state index contributed by atoms with van der Waals surface area (Å²) in [6.45, 7) is 0. The Morgan fingerprint density at radius 1 is 0.260 bits per heavy atom. The van der Waals surface area contributed by atoms with E-state index in [1.165, 1.54) is 0 Å². The van der Waals surface area contributed by atoms with Gasteiger partial charge in [-0.1, -0.05) is 176 Å². The van der Waals surface area contributed by atoms with Gasteiger partial charge in [-0.2, -0.15) is 0 Å². The highest BCUT2D eigenvalue weighted by Crippen LogP contribution is 2.41. The van der Waals surface area contributed by atoms with Crippen LogP contribution in [-0.2, 0) is 0 Å². The molecule has 4 nitrogen and oxygen atoms in total. The van der Waals surface area contributed by atoms with Crippen LogP contribution in [0.1, 0.15) is 0 Å². The first-order chi connectivity index (χ1) is 24.8. The molecule has 0 aliphatic heterocycles. The minimum atomic E-state index is 0.861. The second-order valence-corrected chi connectivity index (χ2v) is 12.3. The Morgan fingerprint density at radius 2 is 0.600 bits per heavy atom. The number of benzene rings is 7. The maximum absolute atomic E-state index is 4.88. The molecule has 0 spiro atoms. The predicted octanol–water partition coefficient (Wildman–Crippen LogP) is 11.6. The van der Waals surface area contributed by atoms with Crippen molar-refractivity contribution in [3.8, 4) is 67.0 Å². The van der Waals surface area contributed by atoms with Crippen LogP contribution in [-0.4, -0.2) is 20.4 Å². The summed E-state index contributed by atoms with van der Waals surface area (Å²) >= 11 is 0. The number of hydrogen-bond donors (Lipinski definition) is 0. The normalized spacial score (nSPS) is 11.2. The molecule has 9 rings (SSSR count). The van der Waals surface area contributed by atoms with Gasteiger partial charge in [0, 0.05) is 44.2 Å². The molecule has 0 radical (unpaired) electrons. The van der Waals surface area contributed by atoms with Gasteiger partial charge in [-0.05, 0) is 28.3 Å². The zero-order valence-electron chi connectivity index (χ0n) is 27.1. The van der Waals surface area contributed by atoms with Crippen molar-refractivity contribution < 1.29 is 0 Å². The highest BCUT2D eigenvalue weighted by Gasteiger charge is 2.19.